The van der Waals surface area contributed by atoms with Gasteiger partial charge < -0.3 is 5.32 Å². The van der Waals surface area contributed by atoms with Gasteiger partial charge in [-0.3, -0.25) is 4.98 Å². The van der Waals surface area contributed by atoms with Crippen LogP contribution in [0.1, 0.15) is 17.3 Å². The fourth-order valence-electron chi connectivity index (χ4n) is 2.61. The zero-order valence-electron chi connectivity index (χ0n) is 11.6. The van der Waals surface area contributed by atoms with Crippen molar-refractivity contribution in [3.8, 4) is 0 Å². The van der Waals surface area contributed by atoms with Gasteiger partial charge >= 0.3 is 0 Å². The summed E-state index contributed by atoms with van der Waals surface area (Å²) < 4.78 is 0. The first-order chi connectivity index (χ1) is 9.88. The molecule has 100 valence electrons. The Bertz CT molecular complexity index is 687. The summed E-state index contributed by atoms with van der Waals surface area (Å²) in [5, 5.41) is 5.87. The van der Waals surface area contributed by atoms with Crippen LogP contribution in [0.4, 0.5) is 0 Å². The van der Waals surface area contributed by atoms with Gasteiger partial charge in [0, 0.05) is 11.6 Å². The largest absolute Gasteiger partial charge is 0.311 e. The van der Waals surface area contributed by atoms with E-state index >= 15 is 0 Å². The Labute approximate surface area is 119 Å². The van der Waals surface area contributed by atoms with Crippen molar-refractivity contribution < 1.29 is 0 Å². The van der Waals surface area contributed by atoms with E-state index in [0.717, 1.165) is 12.1 Å². The van der Waals surface area contributed by atoms with Crippen molar-refractivity contribution in [2.75, 3.05) is 7.05 Å². The van der Waals surface area contributed by atoms with Crippen LogP contribution in [0.2, 0.25) is 0 Å². The standard InChI is InChI=1S/C18H18N2/c1-19-17(13-14-7-3-2-4-8-14)18-16-10-6-5-9-15(16)11-12-20-18/h2-12,17,19H,13H2,1H3. The molecular weight excluding hydrogens is 244 g/mol. The van der Waals surface area contributed by atoms with Crippen LogP contribution in [-0.4, -0.2) is 12.0 Å². The van der Waals surface area contributed by atoms with Gasteiger partial charge in [0.05, 0.1) is 11.7 Å². The van der Waals surface area contributed by atoms with E-state index in [9.17, 15) is 0 Å². The monoisotopic (exact) mass is 262 g/mol. The quantitative estimate of drug-likeness (QED) is 0.774. The molecule has 0 fully saturated rings. The lowest BCUT2D eigenvalue weighted by Gasteiger charge is -2.17. The molecule has 0 aliphatic heterocycles. The van der Waals surface area contributed by atoms with Gasteiger partial charge in [0.1, 0.15) is 0 Å². The maximum absolute atomic E-state index is 4.61. The Morgan fingerprint density at radius 3 is 2.50 bits per heavy atom. The number of hydrogen-bond donors (Lipinski definition) is 1. The van der Waals surface area contributed by atoms with Crippen LogP contribution in [0, 0.1) is 0 Å². The maximum Gasteiger partial charge on any atom is 0.0654 e. The van der Waals surface area contributed by atoms with Gasteiger partial charge in [0.2, 0.25) is 0 Å². The highest BCUT2D eigenvalue weighted by Gasteiger charge is 2.14. The summed E-state index contributed by atoms with van der Waals surface area (Å²) in [7, 11) is 2.00. The van der Waals surface area contributed by atoms with E-state index in [0.29, 0.717) is 0 Å². The fourth-order valence-corrected chi connectivity index (χ4v) is 2.61. The van der Waals surface area contributed by atoms with Gasteiger partial charge in [-0.15, -0.1) is 0 Å². The highest BCUT2D eigenvalue weighted by atomic mass is 14.9. The van der Waals surface area contributed by atoms with E-state index < -0.39 is 0 Å². The van der Waals surface area contributed by atoms with Crippen LogP contribution in [-0.2, 0) is 6.42 Å². The molecule has 1 unspecified atom stereocenters. The third-order valence-corrected chi connectivity index (χ3v) is 3.67. The van der Waals surface area contributed by atoms with Crippen LogP contribution in [0.3, 0.4) is 0 Å². The number of pyridine rings is 1. The van der Waals surface area contributed by atoms with Crippen LogP contribution in [0.25, 0.3) is 10.8 Å². The zero-order chi connectivity index (χ0) is 13.8. The normalized spacial score (nSPS) is 12.4. The Balaban J connectivity index is 1.99. The first kappa shape index (κ1) is 12.8. The highest BCUT2D eigenvalue weighted by molar-refractivity contribution is 5.84. The van der Waals surface area contributed by atoms with E-state index in [1.54, 1.807) is 0 Å². The topological polar surface area (TPSA) is 24.9 Å². The minimum Gasteiger partial charge on any atom is -0.311 e. The number of nitrogens with zero attached hydrogens (tertiary/aromatic N) is 1. The van der Waals surface area contributed by atoms with Crippen LogP contribution in [0.5, 0.6) is 0 Å². The van der Waals surface area contributed by atoms with E-state index in [-0.39, 0.29) is 6.04 Å². The van der Waals surface area contributed by atoms with E-state index in [2.05, 4.69) is 64.9 Å². The molecule has 0 radical (unpaired) electrons. The van der Waals surface area contributed by atoms with Gasteiger partial charge in [0.25, 0.3) is 0 Å². The smallest absolute Gasteiger partial charge is 0.0654 e. The van der Waals surface area contributed by atoms with Crippen molar-refractivity contribution in [3.05, 3.63) is 78.1 Å². The average Bonchev–Trinajstić information content (AvgIpc) is 2.53. The van der Waals surface area contributed by atoms with Crippen molar-refractivity contribution in [2.45, 2.75) is 12.5 Å². The van der Waals surface area contributed by atoms with Gasteiger partial charge in [0.15, 0.2) is 0 Å². The lowest BCUT2D eigenvalue weighted by Crippen LogP contribution is -2.20. The minimum absolute atomic E-state index is 0.225. The summed E-state index contributed by atoms with van der Waals surface area (Å²) >= 11 is 0. The Morgan fingerprint density at radius 2 is 1.70 bits per heavy atom. The van der Waals surface area contributed by atoms with E-state index in [1.165, 1.54) is 16.3 Å². The predicted molar refractivity (Wildman–Crippen MR) is 83.7 cm³/mol. The minimum atomic E-state index is 0.225. The fraction of sp³-hybridized carbons (Fsp3) is 0.167. The number of likely N-dealkylation sites (N-methyl/N-ethyl adjacent to an activating group) is 1. The first-order valence-electron chi connectivity index (χ1n) is 6.93. The second kappa shape index (κ2) is 5.85. The van der Waals surface area contributed by atoms with E-state index in [4.69, 9.17) is 0 Å². The Morgan fingerprint density at radius 1 is 0.950 bits per heavy atom. The summed E-state index contributed by atoms with van der Waals surface area (Å²) in [5.74, 6) is 0. The van der Waals surface area contributed by atoms with Gasteiger partial charge in [-0.05, 0) is 30.5 Å². The molecule has 20 heavy (non-hydrogen) atoms. The Hall–Kier alpha value is -2.19. The van der Waals surface area contributed by atoms with E-state index in [1.807, 2.05) is 19.3 Å². The average molecular weight is 262 g/mol. The third-order valence-electron chi connectivity index (χ3n) is 3.67. The zero-order valence-corrected chi connectivity index (χ0v) is 11.6. The molecule has 0 saturated carbocycles. The predicted octanol–water partition coefficient (Wildman–Crippen LogP) is 3.74. The molecule has 0 aliphatic rings. The maximum atomic E-state index is 4.61. The van der Waals surface area contributed by atoms with Crippen molar-refractivity contribution in [3.63, 3.8) is 0 Å². The number of hydrogen-bond acceptors (Lipinski definition) is 2. The number of rotatable bonds is 4. The molecule has 0 amide bonds. The number of aromatic nitrogens is 1. The van der Waals surface area contributed by atoms with Gasteiger partial charge in [-0.1, -0.05) is 54.6 Å². The highest BCUT2D eigenvalue weighted by Crippen LogP contribution is 2.24. The first-order valence-corrected chi connectivity index (χ1v) is 6.93. The molecule has 0 aliphatic carbocycles. The summed E-state index contributed by atoms with van der Waals surface area (Å²) in [6, 6.07) is 21.2. The molecule has 1 atom stereocenters. The second-order valence-corrected chi connectivity index (χ2v) is 4.95. The molecule has 0 bridgehead atoms. The molecule has 1 N–H and O–H groups in total. The number of fused-ring (bicyclic) bond motifs is 1. The molecule has 2 nitrogen and oxygen atoms in total. The summed E-state index contributed by atoms with van der Waals surface area (Å²) in [6.07, 6.45) is 2.84. The van der Waals surface area contributed by atoms with Crippen molar-refractivity contribution in [2.24, 2.45) is 0 Å². The molecule has 1 heterocycles. The number of benzene rings is 2. The van der Waals surface area contributed by atoms with Crippen molar-refractivity contribution >= 4 is 10.8 Å². The molecule has 1 aromatic heterocycles. The molecule has 3 aromatic rings. The molecule has 0 spiro atoms. The molecular formula is C18H18N2. The third kappa shape index (κ3) is 2.56. The summed E-state index contributed by atoms with van der Waals surface area (Å²) in [6.45, 7) is 0. The van der Waals surface area contributed by atoms with Gasteiger partial charge in [-0.2, -0.15) is 0 Å². The SMILES string of the molecule is CNC(Cc1ccccc1)c1nccc2ccccc12. The van der Waals surface area contributed by atoms with Crippen molar-refractivity contribution in [1.29, 1.82) is 0 Å². The van der Waals surface area contributed by atoms with Gasteiger partial charge in [-0.25, -0.2) is 0 Å². The van der Waals surface area contributed by atoms with Crippen molar-refractivity contribution in [1.82, 2.24) is 10.3 Å². The van der Waals surface area contributed by atoms with Crippen LogP contribution in [0.15, 0.2) is 66.9 Å². The summed E-state index contributed by atoms with van der Waals surface area (Å²) in [5.41, 5.74) is 2.44. The Kier molecular flexibility index (Phi) is 3.75. The molecule has 0 saturated heterocycles. The molecule has 3 rings (SSSR count). The van der Waals surface area contributed by atoms with Crippen LogP contribution >= 0.6 is 0 Å². The van der Waals surface area contributed by atoms with Crippen LogP contribution < -0.4 is 5.32 Å². The lowest BCUT2D eigenvalue weighted by molar-refractivity contribution is 0.581. The second-order valence-electron chi connectivity index (χ2n) is 4.95. The lowest BCUT2D eigenvalue weighted by atomic mass is 9.99. The number of nitrogens with one attached hydrogen (secondary N) is 1. The molecule has 2 aromatic carbocycles. The summed E-state index contributed by atoms with van der Waals surface area (Å²) in [4.78, 5) is 4.61. The molecule has 2 heteroatoms.